The molecule has 20 heavy (non-hydrogen) atoms. The van der Waals surface area contributed by atoms with E-state index in [1.807, 2.05) is 0 Å². The molecule has 0 spiro atoms. The van der Waals surface area contributed by atoms with Gasteiger partial charge < -0.3 is 9.79 Å². The largest absolute Gasteiger partial charge is 1.00 e. The fraction of sp³-hybridized carbons (Fsp3) is 0. The third-order valence-corrected chi connectivity index (χ3v) is 2.88. The minimum atomic E-state index is -4.43. The number of carbonyl (C=O) groups is 1. The van der Waals surface area contributed by atoms with Crippen LogP contribution >= 0.6 is 0 Å². The van der Waals surface area contributed by atoms with E-state index in [2.05, 4.69) is 8.37 Å². The van der Waals surface area contributed by atoms with Gasteiger partial charge in [0.2, 0.25) is 0 Å². The van der Waals surface area contributed by atoms with Crippen molar-refractivity contribution in [2.24, 2.45) is 0 Å². The zero-order valence-corrected chi connectivity index (χ0v) is 14.7. The first-order valence-corrected chi connectivity index (χ1v) is 6.68. The van der Waals surface area contributed by atoms with Crippen molar-refractivity contribution in [1.82, 2.24) is 0 Å². The standard InChI is InChI=1S/C13H10O5S.K.H/c14-13(11-7-3-1-4-8-11)18-19(15,16)17-12-9-5-2-6-10-12;;/h1-10H;;/q;+1;-1. The van der Waals surface area contributed by atoms with Crippen LogP contribution in [0, 0.1) is 0 Å². The fourth-order valence-electron chi connectivity index (χ4n) is 1.33. The summed E-state index contributed by atoms with van der Waals surface area (Å²) in [7, 11) is -4.43. The second kappa shape index (κ2) is 7.92. The van der Waals surface area contributed by atoms with E-state index in [4.69, 9.17) is 0 Å². The number of rotatable bonds is 4. The predicted molar refractivity (Wildman–Crippen MR) is 69.0 cm³/mol. The Labute approximate surface area is 161 Å². The van der Waals surface area contributed by atoms with Gasteiger partial charge in [-0.3, -0.25) is 0 Å². The SMILES string of the molecule is O=C(OS(=O)(=O)Oc1ccccc1)c1ccccc1.[H-].[K+]. The monoisotopic (exact) mass is 318 g/mol. The molecule has 0 radical (unpaired) electrons. The van der Waals surface area contributed by atoms with Gasteiger partial charge in [0.15, 0.2) is 0 Å². The summed E-state index contributed by atoms with van der Waals surface area (Å²) in [4.78, 5) is 11.6. The Morgan fingerprint density at radius 1 is 0.900 bits per heavy atom. The molecule has 0 N–H and O–H groups in total. The van der Waals surface area contributed by atoms with Gasteiger partial charge in [0.1, 0.15) is 5.75 Å². The van der Waals surface area contributed by atoms with Gasteiger partial charge in [-0.05, 0) is 24.3 Å². The molecule has 100 valence electrons. The number of para-hydroxylation sites is 1. The summed E-state index contributed by atoms with van der Waals surface area (Å²) in [5.74, 6) is -0.917. The summed E-state index contributed by atoms with van der Waals surface area (Å²) in [6.07, 6.45) is 0. The number of benzene rings is 2. The molecule has 7 heteroatoms. The Bertz CT molecular complexity index is 661. The molecular formula is C13H11KO5S. The molecule has 0 saturated carbocycles. The summed E-state index contributed by atoms with van der Waals surface area (Å²) in [6.45, 7) is 0. The Morgan fingerprint density at radius 3 is 1.95 bits per heavy atom. The summed E-state index contributed by atoms with van der Waals surface area (Å²) in [5.41, 5.74) is 0.128. The molecule has 5 nitrogen and oxygen atoms in total. The van der Waals surface area contributed by atoms with E-state index in [-0.39, 0.29) is 64.1 Å². The topological polar surface area (TPSA) is 69.7 Å². The minimum absolute atomic E-state index is 0. The van der Waals surface area contributed by atoms with Crippen LogP contribution in [0.1, 0.15) is 11.8 Å². The van der Waals surface area contributed by atoms with E-state index < -0.39 is 16.4 Å². The van der Waals surface area contributed by atoms with Crippen LogP contribution in [0.2, 0.25) is 0 Å². The number of carbonyl (C=O) groups excluding carboxylic acids is 1. The maximum Gasteiger partial charge on any atom is 1.00 e. The zero-order chi connectivity index (χ0) is 13.7. The van der Waals surface area contributed by atoms with Crippen LogP contribution in [-0.4, -0.2) is 14.4 Å². The molecule has 0 saturated heterocycles. The number of hydrogen-bond acceptors (Lipinski definition) is 5. The van der Waals surface area contributed by atoms with Gasteiger partial charge >= 0.3 is 67.8 Å². The second-order valence-electron chi connectivity index (χ2n) is 3.54. The summed E-state index contributed by atoms with van der Waals surface area (Å²) in [5, 5.41) is 0. The van der Waals surface area contributed by atoms with Crippen LogP contribution in [0.15, 0.2) is 60.7 Å². The van der Waals surface area contributed by atoms with Gasteiger partial charge in [0.25, 0.3) is 0 Å². The van der Waals surface area contributed by atoms with Gasteiger partial charge in [-0.2, -0.15) is 0 Å². The molecule has 0 fully saturated rings. The molecule has 0 atom stereocenters. The van der Waals surface area contributed by atoms with Crippen molar-refractivity contribution in [3.05, 3.63) is 66.2 Å². The average molecular weight is 318 g/mol. The Balaban J connectivity index is 0.00000200. The van der Waals surface area contributed by atoms with E-state index in [1.54, 1.807) is 36.4 Å². The smallest absolute Gasteiger partial charge is 1.00 e. The third kappa shape index (κ3) is 5.35. The van der Waals surface area contributed by atoms with E-state index in [9.17, 15) is 13.2 Å². The molecule has 0 heterocycles. The maximum atomic E-state index is 11.6. The second-order valence-corrected chi connectivity index (χ2v) is 4.69. The maximum absolute atomic E-state index is 11.6. The predicted octanol–water partition coefficient (Wildman–Crippen LogP) is -0.716. The van der Waals surface area contributed by atoms with Crippen molar-refractivity contribution in [3.8, 4) is 5.75 Å². The quantitative estimate of drug-likeness (QED) is 0.696. The molecule has 0 aliphatic rings. The van der Waals surface area contributed by atoms with Crippen molar-refractivity contribution in [2.75, 3.05) is 0 Å². The molecule has 0 amide bonds. The zero-order valence-electron chi connectivity index (χ0n) is 11.7. The van der Waals surface area contributed by atoms with Gasteiger partial charge in [-0.25, -0.2) is 4.79 Å². The first kappa shape index (κ1) is 17.3. The van der Waals surface area contributed by atoms with E-state index in [0.717, 1.165) is 0 Å². The Kier molecular flexibility index (Phi) is 6.87. The molecule has 2 aromatic rings. The third-order valence-electron chi connectivity index (χ3n) is 2.13. The molecule has 0 unspecified atom stereocenters. The molecule has 0 bridgehead atoms. The summed E-state index contributed by atoms with van der Waals surface area (Å²) in [6, 6.07) is 15.6. The van der Waals surface area contributed by atoms with Crippen LogP contribution in [-0.2, 0) is 14.6 Å². The summed E-state index contributed by atoms with van der Waals surface area (Å²) < 4.78 is 32.0. The van der Waals surface area contributed by atoms with Crippen LogP contribution in [0.4, 0.5) is 0 Å². The first-order valence-electron chi connectivity index (χ1n) is 5.35. The van der Waals surface area contributed by atoms with Crippen molar-refractivity contribution in [2.45, 2.75) is 0 Å². The van der Waals surface area contributed by atoms with Crippen molar-refractivity contribution < 1.29 is 74.4 Å². The van der Waals surface area contributed by atoms with E-state index in [0.29, 0.717) is 0 Å². The molecule has 2 rings (SSSR count). The molecule has 0 aliphatic heterocycles. The van der Waals surface area contributed by atoms with Crippen LogP contribution in [0.3, 0.4) is 0 Å². The first-order chi connectivity index (χ1) is 9.07. The normalized spacial score (nSPS) is 10.2. The summed E-state index contributed by atoms with van der Waals surface area (Å²) >= 11 is 0. The molecule has 0 aliphatic carbocycles. The molecule has 2 aromatic carbocycles. The van der Waals surface area contributed by atoms with Gasteiger partial charge in [0, 0.05) is 0 Å². The molecule has 0 aromatic heterocycles. The Hall–Kier alpha value is -0.704. The van der Waals surface area contributed by atoms with Crippen LogP contribution in [0.5, 0.6) is 5.75 Å². The minimum Gasteiger partial charge on any atom is -1.00 e. The van der Waals surface area contributed by atoms with Crippen molar-refractivity contribution in [1.29, 1.82) is 0 Å². The van der Waals surface area contributed by atoms with E-state index in [1.165, 1.54) is 24.3 Å². The Morgan fingerprint density at radius 2 is 1.40 bits per heavy atom. The van der Waals surface area contributed by atoms with E-state index >= 15 is 0 Å². The average Bonchev–Trinajstić information content (AvgIpc) is 2.39. The van der Waals surface area contributed by atoms with Gasteiger partial charge in [0.05, 0.1) is 5.56 Å². The van der Waals surface area contributed by atoms with Crippen molar-refractivity contribution >= 4 is 16.4 Å². The van der Waals surface area contributed by atoms with Gasteiger partial charge in [-0.15, -0.1) is 8.42 Å². The van der Waals surface area contributed by atoms with Crippen LogP contribution < -0.4 is 55.6 Å². The van der Waals surface area contributed by atoms with Gasteiger partial charge in [-0.1, -0.05) is 36.4 Å². The fourth-order valence-corrected chi connectivity index (χ4v) is 1.99. The van der Waals surface area contributed by atoms with Crippen molar-refractivity contribution in [3.63, 3.8) is 0 Å². The molecular weight excluding hydrogens is 307 g/mol. The number of hydrogen-bond donors (Lipinski definition) is 0. The van der Waals surface area contributed by atoms with Crippen LogP contribution in [0.25, 0.3) is 0 Å².